The van der Waals surface area contributed by atoms with Crippen LogP contribution >= 0.6 is 0 Å². The van der Waals surface area contributed by atoms with Crippen LogP contribution in [0.3, 0.4) is 0 Å². The lowest BCUT2D eigenvalue weighted by Crippen LogP contribution is -2.06. The van der Waals surface area contributed by atoms with E-state index in [1.807, 2.05) is 91.0 Å². The van der Waals surface area contributed by atoms with Crippen LogP contribution < -0.4 is 0 Å². The van der Waals surface area contributed by atoms with Gasteiger partial charge in [0.25, 0.3) is 0 Å². The van der Waals surface area contributed by atoms with E-state index in [4.69, 9.17) is 10.2 Å². The molecule has 462 valence electrons. The quantitative estimate of drug-likeness (QED) is 0.136. The average Bonchev–Trinajstić information content (AvgIpc) is 1.62. The van der Waals surface area contributed by atoms with Crippen LogP contribution in [0.2, 0.25) is 0 Å². The molecule has 0 aliphatic heterocycles. The van der Waals surface area contributed by atoms with Gasteiger partial charge in [-0.05, 0) is 177 Å². The van der Waals surface area contributed by atoms with E-state index in [1.165, 1.54) is 100 Å². The topological polar surface area (TPSA) is 149 Å². The number of hydrogen-bond donors (Lipinski definition) is 4. The number of aromatic carboxylic acids is 2. The summed E-state index contributed by atoms with van der Waals surface area (Å²) < 4.78 is 0. The molecule has 4 N–H and O–H groups in total. The minimum atomic E-state index is -1.07. The molecule has 0 bridgehead atoms. The van der Waals surface area contributed by atoms with Gasteiger partial charge in [0.1, 0.15) is 0 Å². The summed E-state index contributed by atoms with van der Waals surface area (Å²) >= 11 is 0. The Morgan fingerprint density at radius 1 is 0.305 bits per heavy atom. The molecule has 6 aliphatic carbocycles. The lowest BCUT2D eigenvalue weighted by Gasteiger charge is -2.04. The number of carbonyl (C=O) groups is 4. The minimum absolute atomic E-state index is 0. The summed E-state index contributed by atoms with van der Waals surface area (Å²) in [6.07, 6.45) is 2.80. The van der Waals surface area contributed by atoms with Crippen LogP contribution in [-0.2, 0) is 32.5 Å². The third-order valence-corrected chi connectivity index (χ3v) is 18.7. The zero-order valence-electron chi connectivity index (χ0n) is 51.4. The fourth-order valence-electron chi connectivity index (χ4n) is 14.3. The number of carboxylic acids is 2. The molecule has 0 saturated carbocycles. The van der Waals surface area contributed by atoms with E-state index < -0.39 is 11.9 Å². The zero-order chi connectivity index (χ0) is 64.6. The van der Waals surface area contributed by atoms with Gasteiger partial charge in [0.05, 0.1) is 24.3 Å². The molecule has 8 heteroatoms. The molecule has 13 aromatic rings. The SMILES string of the molecule is C.Cc1cccc2c1Cc1ccccc1-2.O=C(O)c1cccc2c1C(=O)c1ccccc1-2.O=C(O)c1cccc2c1Cc1ccccc1-2.O=C1c2ccccc2-c2cccc(CO)c21.OCc1cccc2c1Cc1ccccc1-2.c1ccc2c(c1)-c1cccc3cccc-2c13. The Morgan fingerprint density at radius 2 is 0.632 bits per heavy atom. The Balaban J connectivity index is 0.000000103. The molecule has 0 amide bonds. The Hall–Kier alpha value is -11.7. The second kappa shape index (κ2) is 26.5. The maximum atomic E-state index is 12.2. The third-order valence-electron chi connectivity index (χ3n) is 18.7. The van der Waals surface area contributed by atoms with Gasteiger partial charge in [-0.3, -0.25) is 9.59 Å². The van der Waals surface area contributed by atoms with Gasteiger partial charge in [-0.2, -0.15) is 0 Å². The third kappa shape index (κ3) is 11.3. The summed E-state index contributed by atoms with van der Waals surface area (Å²) in [5.74, 6) is -2.09. The summed E-state index contributed by atoms with van der Waals surface area (Å²) in [5, 5.41) is 39.5. The van der Waals surface area contributed by atoms with Gasteiger partial charge in [-0.25, -0.2) is 9.59 Å². The molecule has 19 rings (SSSR count). The van der Waals surface area contributed by atoms with Gasteiger partial charge < -0.3 is 20.4 Å². The summed E-state index contributed by atoms with van der Waals surface area (Å²) in [4.78, 5) is 46.5. The van der Waals surface area contributed by atoms with E-state index in [-0.39, 0.29) is 37.8 Å². The number of carboxylic acid groups (broad SMARTS) is 2. The number of aliphatic hydroxyl groups is 2. The van der Waals surface area contributed by atoms with Crippen molar-refractivity contribution >= 4 is 34.3 Å². The highest BCUT2D eigenvalue weighted by Crippen LogP contribution is 2.47. The minimum Gasteiger partial charge on any atom is -0.478 e. The number of ketones is 2. The molecular weight excluding hydrogens is 1170 g/mol. The first-order valence-corrected chi connectivity index (χ1v) is 31.4. The lowest BCUT2D eigenvalue weighted by atomic mass is 10.0. The molecule has 6 aliphatic rings. The smallest absolute Gasteiger partial charge is 0.336 e. The number of fused-ring (bicyclic) bond motifs is 18. The van der Waals surface area contributed by atoms with Gasteiger partial charge in [-0.15, -0.1) is 0 Å². The van der Waals surface area contributed by atoms with Gasteiger partial charge in [0.2, 0.25) is 0 Å². The van der Waals surface area contributed by atoms with E-state index >= 15 is 0 Å². The Labute approximate surface area is 552 Å². The normalized spacial score (nSPS) is 12.0. The van der Waals surface area contributed by atoms with Gasteiger partial charge >= 0.3 is 11.9 Å². The van der Waals surface area contributed by atoms with E-state index in [2.05, 4.69) is 146 Å². The average molecular weight is 1240 g/mol. The molecule has 0 fully saturated rings. The fraction of sp³-hybridized carbons (Fsp3) is 0.0805. The van der Waals surface area contributed by atoms with E-state index in [9.17, 15) is 29.4 Å². The number of benzene rings is 13. The van der Waals surface area contributed by atoms with E-state index in [0.29, 0.717) is 33.4 Å². The van der Waals surface area contributed by atoms with Gasteiger partial charge in [0, 0.05) is 22.3 Å². The fourth-order valence-corrected chi connectivity index (χ4v) is 14.3. The summed E-state index contributed by atoms with van der Waals surface area (Å²) in [6.45, 7) is 2.24. The molecule has 0 radical (unpaired) electrons. The predicted molar refractivity (Wildman–Crippen MR) is 380 cm³/mol. The first-order valence-electron chi connectivity index (χ1n) is 31.4. The number of aliphatic hydroxyl groups excluding tert-OH is 2. The molecule has 0 spiro atoms. The van der Waals surface area contributed by atoms with Crippen molar-refractivity contribution in [1.82, 2.24) is 0 Å². The molecule has 13 aromatic carbocycles. The van der Waals surface area contributed by atoms with E-state index in [1.54, 1.807) is 36.4 Å². The van der Waals surface area contributed by atoms with Gasteiger partial charge in [-0.1, -0.05) is 268 Å². The summed E-state index contributed by atoms with van der Waals surface area (Å²) in [5.41, 5.74) is 30.4. The molecule has 0 unspecified atom stereocenters. The van der Waals surface area contributed by atoms with Crippen molar-refractivity contribution < 1.29 is 39.6 Å². The van der Waals surface area contributed by atoms with Crippen LogP contribution in [0.15, 0.2) is 273 Å². The van der Waals surface area contributed by atoms with Crippen molar-refractivity contribution in [2.45, 2.75) is 46.8 Å². The largest absolute Gasteiger partial charge is 0.478 e. The summed E-state index contributed by atoms with van der Waals surface area (Å²) in [6, 6.07) is 90.5. The van der Waals surface area contributed by atoms with Crippen molar-refractivity contribution in [3.63, 3.8) is 0 Å². The van der Waals surface area contributed by atoms with Crippen molar-refractivity contribution in [2.75, 3.05) is 0 Å². The maximum Gasteiger partial charge on any atom is 0.336 e. The lowest BCUT2D eigenvalue weighted by molar-refractivity contribution is 0.0684. The number of rotatable bonds is 4. The standard InChI is InChI=1S/C16H10.C14H8O3.2C14H10O2.C14H12O.C14H12.CH4/c1-2-8-13-12(7-1)14-9-3-5-11-6-4-10-15(13)16(11)14;15-13-10-5-2-1-4-8(10)9-6-3-7-11(12(9)13)14(16)17;15-8-9-4-3-7-11-10-5-1-2-6-12(10)14(16)13(9)11;15-14(16)12-7-3-6-11-10-5-2-1-4-9(10)8-13(11)12;15-9-11-5-3-7-13-12-6-2-1-4-10(12)8-14(11)13;1-10-5-4-8-13-12-7-3-2-6-11(12)9-14(10)13;/h1-10H;1-7H,(H,16,17);1-7,15H,8H2;1-7H,8H2,(H,15,16);1-7,15H,8-9H2;2-8H,9H2,1H3;1H4. The highest BCUT2D eigenvalue weighted by molar-refractivity contribution is 6.25. The number of aryl methyl sites for hydroxylation is 1. The monoisotopic (exact) mass is 1240 g/mol. The Morgan fingerprint density at radius 3 is 1.13 bits per heavy atom. The number of carbonyl (C=O) groups excluding carboxylic acids is 2. The first-order chi connectivity index (χ1) is 46.0. The van der Waals surface area contributed by atoms with Crippen molar-refractivity contribution in [3.8, 4) is 77.9 Å². The van der Waals surface area contributed by atoms with Crippen LogP contribution in [0.4, 0.5) is 0 Å². The predicted octanol–water partition coefficient (Wildman–Crippen LogP) is 19.4. The molecule has 0 heterocycles. The Bertz CT molecular complexity index is 5170. The molecule has 8 nitrogen and oxygen atoms in total. The number of hydrogen-bond acceptors (Lipinski definition) is 6. The highest BCUT2D eigenvalue weighted by atomic mass is 16.4. The second-order valence-electron chi connectivity index (χ2n) is 23.9. The first kappa shape index (κ1) is 62.1. The molecular formula is C87H66O8. The van der Waals surface area contributed by atoms with E-state index in [0.717, 1.165) is 58.2 Å². The van der Waals surface area contributed by atoms with Crippen LogP contribution in [0.1, 0.15) is 110 Å². The summed E-state index contributed by atoms with van der Waals surface area (Å²) in [7, 11) is 0. The zero-order valence-corrected chi connectivity index (χ0v) is 51.4. The maximum absolute atomic E-state index is 12.2. The van der Waals surface area contributed by atoms with Crippen molar-refractivity contribution in [1.29, 1.82) is 0 Å². The molecule has 0 atom stereocenters. The van der Waals surface area contributed by atoms with Crippen molar-refractivity contribution in [3.05, 3.63) is 356 Å². The van der Waals surface area contributed by atoms with Crippen molar-refractivity contribution in [2.24, 2.45) is 0 Å². The van der Waals surface area contributed by atoms with Crippen LogP contribution in [0.25, 0.3) is 88.7 Å². The second-order valence-corrected chi connectivity index (χ2v) is 23.9. The molecule has 95 heavy (non-hydrogen) atoms. The van der Waals surface area contributed by atoms with Crippen LogP contribution in [0.5, 0.6) is 0 Å². The van der Waals surface area contributed by atoms with Crippen LogP contribution in [0, 0.1) is 6.92 Å². The van der Waals surface area contributed by atoms with Gasteiger partial charge in [0.15, 0.2) is 11.6 Å². The molecule has 0 saturated heterocycles. The highest BCUT2D eigenvalue weighted by Gasteiger charge is 2.32. The molecule has 0 aromatic heterocycles. The van der Waals surface area contributed by atoms with Crippen LogP contribution in [-0.4, -0.2) is 43.9 Å². The Kier molecular flexibility index (Phi) is 17.3.